The molecule has 0 bridgehead atoms. The lowest BCUT2D eigenvalue weighted by Gasteiger charge is -2.21. The Morgan fingerprint density at radius 2 is 2.18 bits per heavy atom. The van der Waals surface area contributed by atoms with Gasteiger partial charge in [0.15, 0.2) is 0 Å². The Bertz CT molecular complexity index is 700. The molecule has 22 heavy (non-hydrogen) atoms. The molecule has 6 heteroatoms. The van der Waals surface area contributed by atoms with Crippen LogP contribution in [0.1, 0.15) is 12.5 Å². The summed E-state index contributed by atoms with van der Waals surface area (Å²) in [4.78, 5) is 19.9. The molecule has 0 fully saturated rings. The Kier molecular flexibility index (Phi) is 4.00. The number of ether oxygens (including phenoxy) is 1. The van der Waals surface area contributed by atoms with Gasteiger partial charge < -0.3 is 15.4 Å². The lowest BCUT2D eigenvalue weighted by atomic mass is 10.1. The number of aromatic nitrogens is 2. The number of rotatable bonds is 4. The van der Waals surface area contributed by atoms with Crippen molar-refractivity contribution in [3.63, 3.8) is 0 Å². The van der Waals surface area contributed by atoms with Crippen LogP contribution in [0.2, 0.25) is 0 Å². The van der Waals surface area contributed by atoms with Crippen LogP contribution < -0.4 is 10.6 Å². The minimum absolute atomic E-state index is 0.251. The highest BCUT2D eigenvalue weighted by molar-refractivity contribution is 5.99. The summed E-state index contributed by atoms with van der Waals surface area (Å²) in [5.74, 6) is 0.767. The third-order valence-corrected chi connectivity index (χ3v) is 3.18. The van der Waals surface area contributed by atoms with Crippen LogP contribution in [0.3, 0.4) is 0 Å². The third kappa shape index (κ3) is 3.06. The topological polar surface area (TPSA) is 76.1 Å². The fraction of sp³-hybridized carbons (Fsp3) is 0.125. The monoisotopic (exact) mass is 295 g/mol. The molecule has 2 aromatic rings. The quantitative estimate of drug-likeness (QED) is 0.906. The zero-order valence-electron chi connectivity index (χ0n) is 12.0. The molecule has 0 atom stereocenters. The fourth-order valence-corrected chi connectivity index (χ4v) is 2.09. The minimum Gasteiger partial charge on any atom is -0.472 e. The molecular weight excluding hydrogens is 280 g/mol. The number of hydrogen-bond donors (Lipinski definition) is 2. The second kappa shape index (κ2) is 6.26. The summed E-state index contributed by atoms with van der Waals surface area (Å²) < 4.78 is 5.73. The van der Waals surface area contributed by atoms with Crippen molar-refractivity contribution in [2.75, 3.05) is 17.2 Å². The van der Waals surface area contributed by atoms with Gasteiger partial charge in [0.25, 0.3) is 5.91 Å². The second-order valence-electron chi connectivity index (χ2n) is 4.70. The SMILES string of the molecule is C[C](OC1=CCNc2ccccc21)C(=O)Nc1ccncn1. The predicted octanol–water partition coefficient (Wildman–Crippen LogP) is 2.45. The molecule has 6 nitrogen and oxygen atoms in total. The van der Waals surface area contributed by atoms with E-state index in [0.717, 1.165) is 11.3 Å². The summed E-state index contributed by atoms with van der Waals surface area (Å²) in [7, 11) is 0. The van der Waals surface area contributed by atoms with Gasteiger partial charge in [-0.1, -0.05) is 12.1 Å². The molecule has 0 aliphatic carbocycles. The number of nitrogens with one attached hydrogen (secondary N) is 2. The van der Waals surface area contributed by atoms with E-state index in [2.05, 4.69) is 20.6 Å². The van der Waals surface area contributed by atoms with E-state index in [1.807, 2.05) is 30.3 Å². The number of carbonyl (C=O) groups excluding carboxylic acids is 1. The van der Waals surface area contributed by atoms with Crippen LogP contribution >= 0.6 is 0 Å². The number of fused-ring (bicyclic) bond motifs is 1. The molecule has 0 spiro atoms. The average Bonchev–Trinajstić information content (AvgIpc) is 2.56. The van der Waals surface area contributed by atoms with Crippen LogP contribution in [0.15, 0.2) is 48.9 Å². The Morgan fingerprint density at radius 1 is 1.32 bits per heavy atom. The highest BCUT2D eigenvalue weighted by atomic mass is 16.5. The van der Waals surface area contributed by atoms with Crippen LogP contribution in [0.5, 0.6) is 0 Å². The van der Waals surface area contributed by atoms with Crippen molar-refractivity contribution in [3.8, 4) is 0 Å². The van der Waals surface area contributed by atoms with E-state index in [0.29, 0.717) is 18.1 Å². The predicted molar refractivity (Wildman–Crippen MR) is 83.6 cm³/mol. The Balaban J connectivity index is 1.68. The van der Waals surface area contributed by atoms with Crippen molar-refractivity contribution < 1.29 is 9.53 Å². The molecule has 3 rings (SSSR count). The molecule has 1 radical (unpaired) electrons. The Labute approximate surface area is 128 Å². The first-order chi connectivity index (χ1) is 10.7. The fourth-order valence-electron chi connectivity index (χ4n) is 2.09. The summed E-state index contributed by atoms with van der Waals surface area (Å²) in [5, 5.41) is 5.91. The Hall–Kier alpha value is -2.89. The molecule has 1 amide bonds. The van der Waals surface area contributed by atoms with E-state index >= 15 is 0 Å². The number of anilines is 2. The average molecular weight is 295 g/mol. The molecule has 0 saturated heterocycles. The van der Waals surface area contributed by atoms with E-state index in [1.54, 1.807) is 19.2 Å². The first-order valence-corrected chi connectivity index (χ1v) is 6.86. The molecule has 1 aromatic heterocycles. The van der Waals surface area contributed by atoms with Crippen molar-refractivity contribution in [3.05, 3.63) is 60.6 Å². The van der Waals surface area contributed by atoms with Gasteiger partial charge in [0, 0.05) is 24.0 Å². The molecular formula is C16H15N4O2. The summed E-state index contributed by atoms with van der Waals surface area (Å²) in [6.07, 6.45) is 5.09. The van der Waals surface area contributed by atoms with Crippen molar-refractivity contribution in [1.82, 2.24) is 9.97 Å². The number of amides is 1. The van der Waals surface area contributed by atoms with Crippen molar-refractivity contribution >= 4 is 23.2 Å². The van der Waals surface area contributed by atoms with Crippen molar-refractivity contribution in [1.29, 1.82) is 0 Å². The number of para-hydroxylation sites is 1. The lowest BCUT2D eigenvalue weighted by Crippen LogP contribution is -2.22. The highest BCUT2D eigenvalue weighted by Crippen LogP contribution is 2.30. The maximum absolute atomic E-state index is 12.1. The largest absolute Gasteiger partial charge is 0.472 e. The molecule has 0 saturated carbocycles. The standard InChI is InChI=1S/C16H15N4O2/c1-11(16(21)20-15-7-8-17-10-19-15)22-14-6-9-18-13-5-3-2-4-12(13)14/h2-8,10,18H,9H2,1H3,(H,17,19,20,21). The molecule has 0 unspecified atom stereocenters. The summed E-state index contributed by atoms with van der Waals surface area (Å²) >= 11 is 0. The number of hydrogen-bond acceptors (Lipinski definition) is 5. The molecule has 2 N–H and O–H groups in total. The maximum Gasteiger partial charge on any atom is 0.274 e. The maximum atomic E-state index is 12.1. The lowest BCUT2D eigenvalue weighted by molar-refractivity contribution is -0.117. The van der Waals surface area contributed by atoms with Crippen LogP contribution in [-0.4, -0.2) is 22.4 Å². The van der Waals surface area contributed by atoms with Crippen LogP contribution in [-0.2, 0) is 9.53 Å². The second-order valence-corrected chi connectivity index (χ2v) is 4.70. The van der Waals surface area contributed by atoms with E-state index in [-0.39, 0.29) is 12.0 Å². The van der Waals surface area contributed by atoms with Gasteiger partial charge in [-0.05, 0) is 31.2 Å². The van der Waals surface area contributed by atoms with E-state index in [9.17, 15) is 4.79 Å². The normalized spacial score (nSPS) is 12.9. The molecule has 1 aliphatic rings. The molecule has 1 aliphatic heterocycles. The van der Waals surface area contributed by atoms with E-state index < -0.39 is 0 Å². The summed E-state index contributed by atoms with van der Waals surface area (Å²) in [6.45, 7) is 2.29. The Morgan fingerprint density at radius 3 is 3.00 bits per heavy atom. The highest BCUT2D eigenvalue weighted by Gasteiger charge is 2.21. The van der Waals surface area contributed by atoms with Gasteiger partial charge in [-0.3, -0.25) is 4.79 Å². The number of benzene rings is 1. The van der Waals surface area contributed by atoms with Gasteiger partial charge in [-0.15, -0.1) is 0 Å². The number of nitrogens with zero attached hydrogens (tertiary/aromatic N) is 2. The van der Waals surface area contributed by atoms with Crippen LogP contribution in [0.4, 0.5) is 11.5 Å². The van der Waals surface area contributed by atoms with Crippen molar-refractivity contribution in [2.24, 2.45) is 0 Å². The van der Waals surface area contributed by atoms with Gasteiger partial charge in [0.05, 0.1) is 0 Å². The molecule has 111 valence electrons. The van der Waals surface area contributed by atoms with E-state index in [4.69, 9.17) is 4.74 Å². The number of carbonyl (C=O) groups is 1. The first-order valence-electron chi connectivity index (χ1n) is 6.86. The van der Waals surface area contributed by atoms with Crippen LogP contribution in [0.25, 0.3) is 5.76 Å². The zero-order chi connectivity index (χ0) is 15.4. The first kappa shape index (κ1) is 14.1. The summed E-state index contributed by atoms with van der Waals surface area (Å²) in [6, 6.07) is 9.42. The van der Waals surface area contributed by atoms with Gasteiger partial charge >= 0.3 is 0 Å². The van der Waals surface area contributed by atoms with E-state index in [1.165, 1.54) is 6.33 Å². The van der Waals surface area contributed by atoms with Gasteiger partial charge in [-0.25, -0.2) is 9.97 Å². The molecule has 1 aromatic carbocycles. The summed E-state index contributed by atoms with van der Waals surface area (Å²) in [5.41, 5.74) is 1.92. The van der Waals surface area contributed by atoms with Gasteiger partial charge in [0.1, 0.15) is 17.9 Å². The van der Waals surface area contributed by atoms with Crippen LogP contribution in [0, 0.1) is 6.10 Å². The van der Waals surface area contributed by atoms with Gasteiger partial charge in [-0.2, -0.15) is 0 Å². The minimum atomic E-state index is -0.337. The molecule has 2 heterocycles. The van der Waals surface area contributed by atoms with Gasteiger partial charge in [0.2, 0.25) is 6.10 Å². The smallest absolute Gasteiger partial charge is 0.274 e. The third-order valence-electron chi connectivity index (χ3n) is 3.18. The zero-order valence-corrected chi connectivity index (χ0v) is 12.0. The van der Waals surface area contributed by atoms with Crippen molar-refractivity contribution in [2.45, 2.75) is 6.92 Å².